The third kappa shape index (κ3) is 3.69. The van der Waals surface area contributed by atoms with Gasteiger partial charge in [-0.1, -0.05) is 42.8 Å². The Balaban J connectivity index is 2.32. The molecular formula is C16H18ClNOS. The van der Waals surface area contributed by atoms with E-state index in [-0.39, 0.29) is 0 Å². The van der Waals surface area contributed by atoms with Crippen molar-refractivity contribution in [2.45, 2.75) is 18.4 Å². The van der Waals surface area contributed by atoms with E-state index in [1.54, 1.807) is 11.8 Å². The van der Waals surface area contributed by atoms with Gasteiger partial charge in [0.2, 0.25) is 0 Å². The van der Waals surface area contributed by atoms with Gasteiger partial charge in [-0.05, 0) is 31.0 Å². The first-order chi connectivity index (χ1) is 9.76. The molecule has 0 fully saturated rings. The SMILES string of the molecule is CCNCc1cccc(Cl)c1Oc1ccccc1SC. The Morgan fingerprint density at radius 2 is 1.95 bits per heavy atom. The maximum atomic E-state index is 6.29. The summed E-state index contributed by atoms with van der Waals surface area (Å²) in [5.41, 5.74) is 1.07. The highest BCUT2D eigenvalue weighted by Gasteiger charge is 2.11. The lowest BCUT2D eigenvalue weighted by atomic mass is 10.2. The zero-order valence-corrected chi connectivity index (χ0v) is 13.2. The molecule has 2 aromatic rings. The number of nitrogens with one attached hydrogen (secondary N) is 1. The van der Waals surface area contributed by atoms with Gasteiger partial charge in [0, 0.05) is 17.0 Å². The molecule has 0 unspecified atom stereocenters. The minimum absolute atomic E-state index is 0.635. The highest BCUT2D eigenvalue weighted by molar-refractivity contribution is 7.98. The Morgan fingerprint density at radius 1 is 1.15 bits per heavy atom. The average molecular weight is 308 g/mol. The van der Waals surface area contributed by atoms with Gasteiger partial charge in [0.15, 0.2) is 5.75 Å². The van der Waals surface area contributed by atoms with Crippen LogP contribution in [0.3, 0.4) is 0 Å². The standard InChI is InChI=1S/C16H18ClNOS/c1-3-18-11-12-7-6-8-13(17)16(12)19-14-9-4-5-10-15(14)20-2/h4-10,18H,3,11H2,1-2H3. The fraction of sp³-hybridized carbons (Fsp3) is 0.250. The van der Waals surface area contributed by atoms with Crippen molar-refractivity contribution >= 4 is 23.4 Å². The van der Waals surface area contributed by atoms with Crippen LogP contribution in [0.2, 0.25) is 5.02 Å². The van der Waals surface area contributed by atoms with E-state index in [1.807, 2.05) is 48.7 Å². The lowest BCUT2D eigenvalue weighted by molar-refractivity contribution is 0.462. The summed E-state index contributed by atoms with van der Waals surface area (Å²) in [6.45, 7) is 3.73. The molecule has 0 amide bonds. The number of ether oxygens (including phenoxy) is 1. The summed E-state index contributed by atoms with van der Waals surface area (Å²) in [4.78, 5) is 1.10. The zero-order chi connectivity index (χ0) is 14.4. The van der Waals surface area contributed by atoms with Gasteiger partial charge in [0.05, 0.1) is 5.02 Å². The molecule has 0 atom stereocenters. The Kier molecular flexibility index (Phi) is 5.77. The van der Waals surface area contributed by atoms with Crippen LogP contribution in [-0.2, 0) is 6.54 Å². The molecule has 0 aliphatic heterocycles. The predicted octanol–water partition coefficient (Wildman–Crippen LogP) is 4.96. The Hall–Kier alpha value is -1.16. The van der Waals surface area contributed by atoms with Crippen LogP contribution < -0.4 is 10.1 Å². The van der Waals surface area contributed by atoms with Crippen LogP contribution in [0.15, 0.2) is 47.4 Å². The first-order valence-corrected chi connectivity index (χ1v) is 8.15. The van der Waals surface area contributed by atoms with Gasteiger partial charge >= 0.3 is 0 Å². The monoisotopic (exact) mass is 307 g/mol. The van der Waals surface area contributed by atoms with E-state index < -0.39 is 0 Å². The largest absolute Gasteiger partial charge is 0.454 e. The summed E-state index contributed by atoms with van der Waals surface area (Å²) in [7, 11) is 0. The van der Waals surface area contributed by atoms with Crippen molar-refractivity contribution in [3.8, 4) is 11.5 Å². The maximum Gasteiger partial charge on any atom is 0.150 e. The van der Waals surface area contributed by atoms with Crippen LogP contribution in [0.1, 0.15) is 12.5 Å². The number of para-hydroxylation sites is 2. The van der Waals surface area contributed by atoms with E-state index in [9.17, 15) is 0 Å². The fourth-order valence-electron chi connectivity index (χ4n) is 1.88. The lowest BCUT2D eigenvalue weighted by Gasteiger charge is -2.15. The van der Waals surface area contributed by atoms with Crippen molar-refractivity contribution in [2.24, 2.45) is 0 Å². The average Bonchev–Trinajstić information content (AvgIpc) is 2.48. The van der Waals surface area contributed by atoms with Gasteiger partial charge < -0.3 is 10.1 Å². The molecule has 0 aromatic heterocycles. The molecule has 4 heteroatoms. The molecule has 0 heterocycles. The molecular weight excluding hydrogens is 290 g/mol. The molecule has 0 bridgehead atoms. The topological polar surface area (TPSA) is 21.3 Å². The second-order valence-electron chi connectivity index (χ2n) is 4.26. The molecule has 0 aliphatic rings. The Bertz CT molecular complexity index is 574. The Morgan fingerprint density at radius 3 is 2.70 bits per heavy atom. The lowest BCUT2D eigenvalue weighted by Crippen LogP contribution is -2.12. The van der Waals surface area contributed by atoms with Gasteiger partial charge in [-0.3, -0.25) is 0 Å². The van der Waals surface area contributed by atoms with Gasteiger partial charge in [-0.25, -0.2) is 0 Å². The van der Waals surface area contributed by atoms with Crippen molar-refractivity contribution in [1.82, 2.24) is 5.32 Å². The number of hydrogen-bond donors (Lipinski definition) is 1. The third-order valence-corrected chi connectivity index (χ3v) is 3.97. The number of thioether (sulfide) groups is 1. The Labute approximate surface area is 129 Å². The van der Waals surface area contributed by atoms with Gasteiger partial charge in [0.1, 0.15) is 5.75 Å². The number of rotatable bonds is 6. The molecule has 0 spiro atoms. The second-order valence-corrected chi connectivity index (χ2v) is 5.52. The van der Waals surface area contributed by atoms with Crippen molar-refractivity contribution in [3.63, 3.8) is 0 Å². The van der Waals surface area contributed by atoms with Gasteiger partial charge in [-0.15, -0.1) is 11.8 Å². The molecule has 0 radical (unpaired) electrons. The summed E-state index contributed by atoms with van der Waals surface area (Å²) < 4.78 is 6.07. The van der Waals surface area contributed by atoms with E-state index in [0.717, 1.165) is 35.0 Å². The number of halogens is 1. The summed E-state index contributed by atoms with van der Waals surface area (Å²) in [5.74, 6) is 1.57. The van der Waals surface area contributed by atoms with Crippen LogP contribution in [0.5, 0.6) is 11.5 Å². The molecule has 20 heavy (non-hydrogen) atoms. The maximum absolute atomic E-state index is 6.29. The van der Waals surface area contributed by atoms with Crippen LogP contribution in [0.4, 0.5) is 0 Å². The summed E-state index contributed by atoms with van der Waals surface area (Å²) in [6.07, 6.45) is 2.04. The first kappa shape index (κ1) is 15.2. The van der Waals surface area contributed by atoms with Crippen molar-refractivity contribution in [2.75, 3.05) is 12.8 Å². The number of hydrogen-bond acceptors (Lipinski definition) is 3. The van der Waals surface area contributed by atoms with Crippen molar-refractivity contribution < 1.29 is 4.74 Å². The normalized spacial score (nSPS) is 10.6. The second kappa shape index (κ2) is 7.58. The molecule has 2 rings (SSSR count). The molecule has 0 saturated heterocycles. The van der Waals surface area contributed by atoms with Crippen molar-refractivity contribution in [3.05, 3.63) is 53.1 Å². The van der Waals surface area contributed by atoms with Crippen LogP contribution in [0.25, 0.3) is 0 Å². The van der Waals surface area contributed by atoms with Crippen LogP contribution in [0, 0.1) is 0 Å². The fourth-order valence-corrected chi connectivity index (χ4v) is 2.64. The van der Waals surface area contributed by atoms with Gasteiger partial charge in [0.25, 0.3) is 0 Å². The van der Waals surface area contributed by atoms with Crippen LogP contribution in [-0.4, -0.2) is 12.8 Å². The summed E-state index contributed by atoms with van der Waals surface area (Å²) >= 11 is 7.95. The summed E-state index contributed by atoms with van der Waals surface area (Å²) in [6, 6.07) is 13.8. The minimum Gasteiger partial charge on any atom is -0.454 e. The molecule has 2 nitrogen and oxygen atoms in total. The van der Waals surface area contributed by atoms with Crippen molar-refractivity contribution in [1.29, 1.82) is 0 Å². The van der Waals surface area contributed by atoms with E-state index in [4.69, 9.17) is 16.3 Å². The minimum atomic E-state index is 0.635. The van der Waals surface area contributed by atoms with E-state index >= 15 is 0 Å². The highest BCUT2D eigenvalue weighted by atomic mass is 35.5. The van der Waals surface area contributed by atoms with E-state index in [1.165, 1.54) is 0 Å². The van der Waals surface area contributed by atoms with E-state index in [0.29, 0.717) is 5.02 Å². The molecule has 1 N–H and O–H groups in total. The highest BCUT2D eigenvalue weighted by Crippen LogP contribution is 2.36. The van der Waals surface area contributed by atoms with E-state index in [2.05, 4.69) is 12.2 Å². The number of benzene rings is 2. The van der Waals surface area contributed by atoms with Gasteiger partial charge in [-0.2, -0.15) is 0 Å². The predicted molar refractivity (Wildman–Crippen MR) is 87.1 cm³/mol. The molecule has 106 valence electrons. The smallest absolute Gasteiger partial charge is 0.150 e. The molecule has 0 saturated carbocycles. The quantitative estimate of drug-likeness (QED) is 0.762. The first-order valence-electron chi connectivity index (χ1n) is 6.55. The van der Waals surface area contributed by atoms with Crippen LogP contribution >= 0.6 is 23.4 Å². The summed E-state index contributed by atoms with van der Waals surface area (Å²) in [5, 5.41) is 3.94. The molecule has 2 aromatic carbocycles. The molecule has 0 aliphatic carbocycles. The third-order valence-electron chi connectivity index (χ3n) is 2.90. The zero-order valence-electron chi connectivity index (χ0n) is 11.7.